The molecule has 1 aromatic rings. The van der Waals surface area contributed by atoms with E-state index in [0.717, 1.165) is 13.1 Å². The van der Waals surface area contributed by atoms with Crippen molar-refractivity contribution in [2.24, 2.45) is 0 Å². The Hall–Kier alpha value is -0.500. The van der Waals surface area contributed by atoms with Crippen LogP contribution in [0.1, 0.15) is 19.4 Å². The van der Waals surface area contributed by atoms with Crippen LogP contribution in [0.5, 0.6) is 0 Å². The van der Waals surface area contributed by atoms with Gasteiger partial charge in [-0.2, -0.15) is 0 Å². The summed E-state index contributed by atoms with van der Waals surface area (Å²) in [6.45, 7) is 8.59. The fourth-order valence-corrected chi connectivity index (χ4v) is 1.93. The van der Waals surface area contributed by atoms with Crippen molar-refractivity contribution in [2.75, 3.05) is 18.0 Å². The van der Waals surface area contributed by atoms with Crippen molar-refractivity contribution in [3.05, 3.63) is 28.2 Å². The maximum absolute atomic E-state index is 3.57. The van der Waals surface area contributed by atoms with Gasteiger partial charge in [-0.25, -0.2) is 0 Å². The van der Waals surface area contributed by atoms with Gasteiger partial charge in [0.1, 0.15) is 0 Å². The van der Waals surface area contributed by atoms with Gasteiger partial charge in [-0.05, 0) is 54.4 Å². The number of nitrogens with zero attached hydrogens (tertiary/aromatic N) is 1. The van der Waals surface area contributed by atoms with Gasteiger partial charge in [0, 0.05) is 17.6 Å². The highest BCUT2D eigenvalue weighted by Crippen LogP contribution is 2.26. The molecule has 0 bridgehead atoms. The summed E-state index contributed by atoms with van der Waals surface area (Å²) in [6.07, 6.45) is 0. The summed E-state index contributed by atoms with van der Waals surface area (Å²) in [5, 5.41) is 0. The summed E-state index contributed by atoms with van der Waals surface area (Å²) in [5.41, 5.74) is 2.61. The smallest absolute Gasteiger partial charge is 0.0513 e. The lowest BCUT2D eigenvalue weighted by Crippen LogP contribution is -2.22. The molecule has 0 aliphatic heterocycles. The molecule has 0 fully saturated rings. The molecule has 0 aliphatic rings. The Morgan fingerprint density at radius 2 is 1.85 bits per heavy atom. The van der Waals surface area contributed by atoms with Crippen LogP contribution in [-0.4, -0.2) is 13.1 Å². The molecule has 72 valence electrons. The second-order valence-corrected chi connectivity index (χ2v) is 3.98. The summed E-state index contributed by atoms with van der Waals surface area (Å²) in [6, 6.07) is 6.46. The molecule has 1 aromatic carbocycles. The Kier molecular flexibility index (Phi) is 3.79. The summed E-state index contributed by atoms with van der Waals surface area (Å²) < 4.78 is 1.18. The zero-order valence-electron chi connectivity index (χ0n) is 8.47. The molecule has 0 aromatic heterocycles. The molecule has 0 amide bonds. The first-order valence-electron chi connectivity index (χ1n) is 4.70. The summed E-state index contributed by atoms with van der Waals surface area (Å²) in [4.78, 5) is 2.34. The lowest BCUT2D eigenvalue weighted by Gasteiger charge is -2.22. The second kappa shape index (κ2) is 4.66. The number of aryl methyl sites for hydroxylation is 1. The zero-order chi connectivity index (χ0) is 9.84. The van der Waals surface area contributed by atoms with Gasteiger partial charge in [0.15, 0.2) is 0 Å². The first kappa shape index (κ1) is 10.6. The molecule has 1 rings (SSSR count). The predicted octanol–water partition coefficient (Wildman–Crippen LogP) is 3.60. The quantitative estimate of drug-likeness (QED) is 0.782. The van der Waals surface area contributed by atoms with E-state index < -0.39 is 0 Å². The minimum atomic E-state index is 1.05. The zero-order valence-corrected chi connectivity index (χ0v) is 10.1. The Morgan fingerprint density at radius 1 is 1.23 bits per heavy atom. The van der Waals surface area contributed by atoms with Crippen molar-refractivity contribution in [3.8, 4) is 0 Å². The van der Waals surface area contributed by atoms with Crippen LogP contribution in [0.4, 0.5) is 5.69 Å². The number of halogens is 1. The number of benzene rings is 1. The third kappa shape index (κ3) is 2.47. The van der Waals surface area contributed by atoms with Gasteiger partial charge < -0.3 is 4.90 Å². The van der Waals surface area contributed by atoms with E-state index in [1.54, 1.807) is 0 Å². The van der Waals surface area contributed by atoms with Gasteiger partial charge >= 0.3 is 0 Å². The maximum Gasteiger partial charge on any atom is 0.0513 e. The molecule has 0 heterocycles. The highest BCUT2D eigenvalue weighted by Gasteiger charge is 2.05. The Morgan fingerprint density at radius 3 is 2.38 bits per heavy atom. The van der Waals surface area contributed by atoms with Crippen LogP contribution in [0.3, 0.4) is 0 Å². The van der Waals surface area contributed by atoms with Crippen LogP contribution >= 0.6 is 15.9 Å². The average Bonchev–Trinajstić information content (AvgIpc) is 2.13. The third-order valence-electron chi connectivity index (χ3n) is 2.21. The summed E-state index contributed by atoms with van der Waals surface area (Å²) in [7, 11) is 0. The Balaban J connectivity index is 3.03. The third-order valence-corrected chi connectivity index (χ3v) is 2.88. The molecule has 13 heavy (non-hydrogen) atoms. The molecule has 0 N–H and O–H groups in total. The standard InChI is InChI=1S/C11H16BrN/c1-4-13(5-2)11-8-9(3)6-7-10(11)12/h6-8H,4-5H2,1-3H3. The van der Waals surface area contributed by atoms with E-state index in [-0.39, 0.29) is 0 Å². The molecule has 1 nitrogen and oxygen atoms in total. The monoisotopic (exact) mass is 241 g/mol. The number of anilines is 1. The highest BCUT2D eigenvalue weighted by atomic mass is 79.9. The van der Waals surface area contributed by atoms with Crippen LogP contribution < -0.4 is 4.90 Å². The van der Waals surface area contributed by atoms with E-state index in [1.807, 2.05) is 0 Å². The van der Waals surface area contributed by atoms with E-state index in [2.05, 4.69) is 59.8 Å². The SMILES string of the molecule is CCN(CC)c1cc(C)ccc1Br. The fraction of sp³-hybridized carbons (Fsp3) is 0.455. The average molecular weight is 242 g/mol. The number of hydrogen-bond acceptors (Lipinski definition) is 1. The lowest BCUT2D eigenvalue weighted by atomic mass is 10.2. The van der Waals surface area contributed by atoms with Gasteiger partial charge in [-0.3, -0.25) is 0 Å². The molecule has 2 heteroatoms. The van der Waals surface area contributed by atoms with Crippen molar-refractivity contribution < 1.29 is 0 Å². The highest BCUT2D eigenvalue weighted by molar-refractivity contribution is 9.10. The van der Waals surface area contributed by atoms with Crippen molar-refractivity contribution in [3.63, 3.8) is 0 Å². The molecule has 0 atom stereocenters. The Bertz CT molecular complexity index is 279. The fourth-order valence-electron chi connectivity index (χ4n) is 1.43. The molecule has 0 unspecified atom stereocenters. The van der Waals surface area contributed by atoms with Crippen LogP contribution in [0.2, 0.25) is 0 Å². The van der Waals surface area contributed by atoms with Crippen molar-refractivity contribution >= 4 is 21.6 Å². The first-order chi connectivity index (χ1) is 6.19. The van der Waals surface area contributed by atoms with Crippen LogP contribution in [0.15, 0.2) is 22.7 Å². The number of hydrogen-bond donors (Lipinski definition) is 0. The number of rotatable bonds is 3. The van der Waals surface area contributed by atoms with E-state index in [1.165, 1.54) is 15.7 Å². The van der Waals surface area contributed by atoms with Gasteiger partial charge in [-0.15, -0.1) is 0 Å². The minimum Gasteiger partial charge on any atom is -0.371 e. The van der Waals surface area contributed by atoms with Crippen LogP contribution in [0.25, 0.3) is 0 Å². The van der Waals surface area contributed by atoms with E-state index in [9.17, 15) is 0 Å². The first-order valence-corrected chi connectivity index (χ1v) is 5.49. The minimum absolute atomic E-state index is 1.05. The van der Waals surface area contributed by atoms with E-state index >= 15 is 0 Å². The molecule has 0 saturated heterocycles. The van der Waals surface area contributed by atoms with Gasteiger partial charge in [0.25, 0.3) is 0 Å². The molecular weight excluding hydrogens is 226 g/mol. The van der Waals surface area contributed by atoms with Gasteiger partial charge in [-0.1, -0.05) is 6.07 Å². The molecule has 0 radical (unpaired) electrons. The Labute approximate surface area is 88.9 Å². The normalized spacial score (nSPS) is 10.2. The van der Waals surface area contributed by atoms with Crippen molar-refractivity contribution in [1.82, 2.24) is 0 Å². The lowest BCUT2D eigenvalue weighted by molar-refractivity contribution is 0.863. The van der Waals surface area contributed by atoms with Crippen LogP contribution in [-0.2, 0) is 0 Å². The predicted molar refractivity (Wildman–Crippen MR) is 62.4 cm³/mol. The van der Waals surface area contributed by atoms with E-state index in [0.29, 0.717) is 0 Å². The topological polar surface area (TPSA) is 3.24 Å². The van der Waals surface area contributed by atoms with Gasteiger partial charge in [0.05, 0.1) is 5.69 Å². The van der Waals surface area contributed by atoms with Crippen molar-refractivity contribution in [2.45, 2.75) is 20.8 Å². The van der Waals surface area contributed by atoms with E-state index in [4.69, 9.17) is 0 Å². The summed E-state index contributed by atoms with van der Waals surface area (Å²) >= 11 is 3.57. The summed E-state index contributed by atoms with van der Waals surface area (Å²) in [5.74, 6) is 0. The molecular formula is C11H16BrN. The maximum atomic E-state index is 3.57. The van der Waals surface area contributed by atoms with Crippen molar-refractivity contribution in [1.29, 1.82) is 0 Å². The second-order valence-electron chi connectivity index (χ2n) is 3.13. The largest absolute Gasteiger partial charge is 0.371 e. The molecule has 0 aliphatic carbocycles. The van der Waals surface area contributed by atoms with Gasteiger partial charge in [0.2, 0.25) is 0 Å². The molecule has 0 saturated carbocycles. The molecule has 0 spiro atoms. The van der Waals surface area contributed by atoms with Crippen LogP contribution in [0, 0.1) is 6.92 Å².